The van der Waals surface area contributed by atoms with E-state index in [4.69, 9.17) is 16.1 Å². The molecule has 4 aromatic rings. The summed E-state index contributed by atoms with van der Waals surface area (Å²) in [7, 11) is -3.14. The zero-order valence-electron chi connectivity index (χ0n) is 24.6. The lowest BCUT2D eigenvalue weighted by Crippen LogP contribution is -2.38. The minimum Gasteiger partial charge on any atom is -0.382 e. The number of hydrogen-bond donors (Lipinski definition) is 3. The summed E-state index contributed by atoms with van der Waals surface area (Å²) in [5.74, 6) is -0.167. The number of allylic oxidation sites excluding steroid dienone is 4. The molecule has 0 saturated carbocycles. The quantitative estimate of drug-likeness (QED) is 0.158. The normalized spacial score (nSPS) is 15.3. The molecule has 0 fully saturated rings. The molecule has 2 heterocycles. The van der Waals surface area contributed by atoms with Crippen LogP contribution in [-0.4, -0.2) is 62.2 Å². The van der Waals surface area contributed by atoms with Crippen molar-refractivity contribution in [1.29, 1.82) is 5.41 Å². The molecule has 0 radical (unpaired) electrons. The fraction of sp³-hybridized carbons (Fsp3) is 0.194. The molecule has 2 aliphatic rings. The third kappa shape index (κ3) is 5.34. The third-order valence-electron chi connectivity index (χ3n) is 7.88. The van der Waals surface area contributed by atoms with Gasteiger partial charge >= 0.3 is 16.0 Å². The van der Waals surface area contributed by atoms with E-state index in [9.17, 15) is 17.8 Å². The second-order valence-electron chi connectivity index (χ2n) is 10.6. The Hall–Kier alpha value is -4.66. The number of benzene rings is 2. The molecule has 6 rings (SSSR count). The predicted molar refractivity (Wildman–Crippen MR) is 179 cm³/mol. The van der Waals surface area contributed by atoms with E-state index in [1.807, 2.05) is 74.5 Å². The molecule has 0 amide bonds. The van der Waals surface area contributed by atoms with Crippen LogP contribution < -0.4 is 21.9 Å². The van der Waals surface area contributed by atoms with E-state index in [1.165, 1.54) is 9.13 Å². The van der Waals surface area contributed by atoms with E-state index in [0.717, 1.165) is 26.0 Å². The number of nitrogens with two attached hydrogens (primary N) is 1. The molecule has 4 N–H and O–H groups in total. The SMILES string of the molecule is CCC1=CC2=c3ccccc3=CC2=C(c2nc(N)c3c(n2)n(Cc2ccc(Br)cc2)c(=O)n3C(=N)N(C)CC)C1=NS(=O)(=O)O. The molecule has 45 heavy (non-hydrogen) atoms. The first-order valence-corrected chi connectivity index (χ1v) is 16.3. The minimum atomic E-state index is -4.83. The number of rotatable bonds is 6. The van der Waals surface area contributed by atoms with Gasteiger partial charge in [-0.15, -0.1) is 4.40 Å². The van der Waals surface area contributed by atoms with Crippen LogP contribution in [0, 0.1) is 5.41 Å². The third-order valence-corrected chi connectivity index (χ3v) is 8.82. The topological polar surface area (TPSA) is 173 Å². The van der Waals surface area contributed by atoms with Crippen LogP contribution in [0.3, 0.4) is 0 Å². The fourth-order valence-electron chi connectivity index (χ4n) is 5.57. The van der Waals surface area contributed by atoms with Crippen LogP contribution in [0.4, 0.5) is 5.82 Å². The Morgan fingerprint density at radius 3 is 2.47 bits per heavy atom. The highest BCUT2D eigenvalue weighted by Gasteiger charge is 2.32. The molecule has 0 aliphatic heterocycles. The molecule has 230 valence electrons. The molecule has 0 bridgehead atoms. The first-order valence-electron chi connectivity index (χ1n) is 14.1. The van der Waals surface area contributed by atoms with Crippen LogP contribution in [0.25, 0.3) is 28.4 Å². The van der Waals surface area contributed by atoms with Crippen molar-refractivity contribution in [2.24, 2.45) is 4.40 Å². The van der Waals surface area contributed by atoms with Crippen molar-refractivity contribution in [3.63, 3.8) is 0 Å². The molecule has 2 aromatic heterocycles. The summed E-state index contributed by atoms with van der Waals surface area (Å²) < 4.78 is 41.4. The van der Waals surface area contributed by atoms with Crippen molar-refractivity contribution in [2.45, 2.75) is 26.8 Å². The average molecular weight is 690 g/mol. The van der Waals surface area contributed by atoms with Crippen LogP contribution in [0.2, 0.25) is 0 Å². The molecular weight excluding hydrogens is 660 g/mol. The van der Waals surface area contributed by atoms with Crippen molar-refractivity contribution in [1.82, 2.24) is 24.0 Å². The van der Waals surface area contributed by atoms with Gasteiger partial charge in [-0.3, -0.25) is 14.5 Å². The van der Waals surface area contributed by atoms with E-state index in [2.05, 4.69) is 25.3 Å². The van der Waals surface area contributed by atoms with Crippen LogP contribution >= 0.6 is 15.9 Å². The molecule has 0 spiro atoms. The number of imidazole rings is 1. The maximum Gasteiger partial charge on any atom is 0.378 e. The molecule has 2 aromatic carbocycles. The maximum atomic E-state index is 14.0. The zero-order chi connectivity index (χ0) is 32.2. The number of halogens is 1. The van der Waals surface area contributed by atoms with Gasteiger partial charge in [0, 0.05) is 18.1 Å². The Kier molecular flexibility index (Phi) is 7.67. The predicted octanol–water partition coefficient (Wildman–Crippen LogP) is 2.71. The first kappa shape index (κ1) is 30.4. The summed E-state index contributed by atoms with van der Waals surface area (Å²) in [5, 5.41) is 10.6. The first-order chi connectivity index (χ1) is 21.4. The monoisotopic (exact) mass is 688 g/mol. The lowest BCUT2D eigenvalue weighted by Gasteiger charge is -2.21. The molecule has 12 nitrogen and oxygen atoms in total. The molecule has 0 atom stereocenters. The highest BCUT2D eigenvalue weighted by atomic mass is 79.9. The van der Waals surface area contributed by atoms with E-state index in [-0.39, 0.29) is 46.6 Å². The number of aromatic nitrogens is 4. The average Bonchev–Trinajstić information content (AvgIpc) is 3.50. The number of anilines is 1. The van der Waals surface area contributed by atoms with Gasteiger partial charge in [-0.2, -0.15) is 8.42 Å². The molecule has 2 aliphatic carbocycles. The van der Waals surface area contributed by atoms with Gasteiger partial charge < -0.3 is 10.6 Å². The number of fused-ring (bicyclic) bond motifs is 3. The van der Waals surface area contributed by atoms with E-state index < -0.39 is 16.0 Å². The largest absolute Gasteiger partial charge is 0.382 e. The van der Waals surface area contributed by atoms with Crippen molar-refractivity contribution in [3.8, 4) is 0 Å². The van der Waals surface area contributed by atoms with Crippen LogP contribution in [0.5, 0.6) is 0 Å². The Morgan fingerprint density at radius 1 is 1.09 bits per heavy atom. The molecule has 0 saturated heterocycles. The number of nitrogens with one attached hydrogen (secondary N) is 1. The summed E-state index contributed by atoms with van der Waals surface area (Å²) in [6.07, 6.45) is 4.13. The van der Waals surface area contributed by atoms with Gasteiger partial charge in [0.25, 0.3) is 0 Å². The van der Waals surface area contributed by atoms with Gasteiger partial charge in [-0.1, -0.05) is 59.3 Å². The van der Waals surface area contributed by atoms with Crippen LogP contribution in [0.15, 0.2) is 79.4 Å². The Bertz CT molecular complexity index is 2320. The highest BCUT2D eigenvalue weighted by molar-refractivity contribution is 9.10. The Labute approximate surface area is 266 Å². The number of hydrogen-bond acceptors (Lipinski definition) is 7. The summed E-state index contributed by atoms with van der Waals surface area (Å²) in [5.41, 5.74) is 9.38. The van der Waals surface area contributed by atoms with Crippen LogP contribution in [-0.2, 0) is 16.8 Å². The van der Waals surface area contributed by atoms with Crippen LogP contribution in [0.1, 0.15) is 31.7 Å². The number of nitrogen functional groups attached to an aromatic ring is 1. The van der Waals surface area contributed by atoms with Crippen molar-refractivity contribution in [2.75, 3.05) is 19.3 Å². The summed E-state index contributed by atoms with van der Waals surface area (Å²) in [6.45, 7) is 4.27. The minimum absolute atomic E-state index is 0.0127. The lowest BCUT2D eigenvalue weighted by molar-refractivity contribution is 0.485. The van der Waals surface area contributed by atoms with Crippen molar-refractivity contribution >= 4 is 72.1 Å². The fourth-order valence-corrected chi connectivity index (χ4v) is 6.27. The summed E-state index contributed by atoms with van der Waals surface area (Å²) in [4.78, 5) is 25.0. The zero-order valence-corrected chi connectivity index (χ0v) is 27.0. The van der Waals surface area contributed by atoms with E-state index in [0.29, 0.717) is 24.1 Å². The van der Waals surface area contributed by atoms with E-state index in [1.54, 1.807) is 11.9 Å². The molecular formula is C31H29BrN8O4S. The smallest absolute Gasteiger partial charge is 0.378 e. The summed E-state index contributed by atoms with van der Waals surface area (Å²) >= 11 is 3.44. The molecule has 14 heteroatoms. The van der Waals surface area contributed by atoms with Gasteiger partial charge in [0.05, 0.1) is 17.8 Å². The van der Waals surface area contributed by atoms with Gasteiger partial charge in [-0.25, -0.2) is 19.3 Å². The van der Waals surface area contributed by atoms with Crippen molar-refractivity contribution in [3.05, 3.63) is 103 Å². The lowest BCUT2D eigenvalue weighted by atomic mass is 9.85. The van der Waals surface area contributed by atoms with E-state index >= 15 is 0 Å². The van der Waals surface area contributed by atoms with Gasteiger partial charge in [-0.05, 0) is 70.3 Å². The highest BCUT2D eigenvalue weighted by Crippen LogP contribution is 2.37. The maximum absolute atomic E-state index is 14.0. The number of nitrogens with zero attached hydrogens (tertiary/aromatic N) is 6. The second kappa shape index (κ2) is 11.4. The van der Waals surface area contributed by atoms with Gasteiger partial charge in [0.15, 0.2) is 17.3 Å². The Morgan fingerprint density at radius 2 is 1.80 bits per heavy atom. The Balaban J connectivity index is 1.70. The van der Waals surface area contributed by atoms with Gasteiger partial charge in [0.2, 0.25) is 5.96 Å². The van der Waals surface area contributed by atoms with Gasteiger partial charge in [0.1, 0.15) is 5.52 Å². The van der Waals surface area contributed by atoms with Crippen molar-refractivity contribution < 1.29 is 13.0 Å². The summed E-state index contributed by atoms with van der Waals surface area (Å²) in [6, 6.07) is 15.2. The second-order valence-corrected chi connectivity index (χ2v) is 12.6. The molecule has 0 unspecified atom stereocenters. The standard InChI is InChI=1S/C31H29BrN8O4S/c1-4-18-14-22-21-9-7-6-8-19(21)15-23(22)24(25(18)37-45(42,43)44)28-35-27(33)26-29(36-28)39(16-17-10-12-20(32)13-11-17)31(41)40(26)30(34)38(3)5-2/h6-15,34H,4-5,16H2,1-3H3,(H2,33,35,36)(H,42,43,44).